The highest BCUT2D eigenvalue weighted by Crippen LogP contribution is 2.16. The van der Waals surface area contributed by atoms with Gasteiger partial charge >= 0.3 is 6.18 Å². The van der Waals surface area contributed by atoms with Gasteiger partial charge in [-0.15, -0.1) is 0 Å². The number of ketones is 1. The highest BCUT2D eigenvalue weighted by molar-refractivity contribution is 5.85. The molecule has 0 aromatic rings. The van der Waals surface area contributed by atoms with Gasteiger partial charge in [0.15, 0.2) is 0 Å². The molecule has 0 aliphatic carbocycles. The zero-order chi connectivity index (χ0) is 20.4. The highest BCUT2D eigenvalue weighted by atomic mass is 19.4. The van der Waals surface area contributed by atoms with Gasteiger partial charge in [0.25, 0.3) is 0 Å². The molecule has 0 heterocycles. The molecule has 27 heavy (non-hydrogen) atoms. The van der Waals surface area contributed by atoms with Crippen molar-refractivity contribution in [1.29, 1.82) is 0 Å². The number of carbonyl (C=O) groups is 1. The fourth-order valence-corrected chi connectivity index (χ4v) is 2.06. The lowest BCUT2D eigenvalue weighted by molar-refractivity contribution is -0.171. The summed E-state index contributed by atoms with van der Waals surface area (Å²) in [5, 5.41) is 0. The lowest BCUT2D eigenvalue weighted by atomic mass is 10.2. The number of rotatable bonds is 14. The quantitative estimate of drug-likeness (QED) is 0.263. The van der Waals surface area contributed by atoms with Gasteiger partial charge in [-0.3, -0.25) is 9.69 Å². The summed E-state index contributed by atoms with van der Waals surface area (Å²) in [4.78, 5) is 12.2. The third kappa shape index (κ3) is 17.3. The van der Waals surface area contributed by atoms with Crippen molar-refractivity contribution >= 4 is 5.78 Å². The molecule has 0 aliphatic heterocycles. The molecule has 0 aromatic heterocycles. The first kappa shape index (κ1) is 25.1. The SMILES string of the molecule is CC/C=C\C/C=C\C/C=C\C/C=C\CC/C=C/CN(C)CC(=O)C(F)(F)F. The van der Waals surface area contributed by atoms with Crippen LogP contribution < -0.4 is 0 Å². The van der Waals surface area contributed by atoms with Gasteiger partial charge in [-0.25, -0.2) is 0 Å². The fourth-order valence-electron chi connectivity index (χ4n) is 2.06. The molecule has 0 aromatic carbocycles. The topological polar surface area (TPSA) is 20.3 Å². The van der Waals surface area contributed by atoms with Crippen molar-refractivity contribution in [2.75, 3.05) is 20.1 Å². The first-order valence-electron chi connectivity index (χ1n) is 9.41. The van der Waals surface area contributed by atoms with E-state index in [9.17, 15) is 18.0 Å². The van der Waals surface area contributed by atoms with Crippen molar-refractivity contribution in [1.82, 2.24) is 4.90 Å². The van der Waals surface area contributed by atoms with Crippen LogP contribution in [0, 0.1) is 0 Å². The molecule has 0 saturated heterocycles. The Balaban J connectivity index is 3.69. The van der Waals surface area contributed by atoms with Crippen LogP contribution >= 0.6 is 0 Å². The summed E-state index contributed by atoms with van der Waals surface area (Å²) in [6, 6.07) is 0. The Bertz CT molecular complexity index is 528. The predicted molar refractivity (Wildman–Crippen MR) is 108 cm³/mol. The van der Waals surface area contributed by atoms with Gasteiger partial charge in [0, 0.05) is 6.54 Å². The third-order valence-electron chi connectivity index (χ3n) is 3.53. The van der Waals surface area contributed by atoms with Gasteiger partial charge in [-0.1, -0.05) is 67.7 Å². The molecule has 152 valence electrons. The number of hydrogen-bond donors (Lipinski definition) is 0. The van der Waals surface area contributed by atoms with Crippen LogP contribution in [-0.2, 0) is 4.79 Å². The summed E-state index contributed by atoms with van der Waals surface area (Å²) in [5.41, 5.74) is 0. The van der Waals surface area contributed by atoms with Crippen LogP contribution in [0.25, 0.3) is 0 Å². The molecule has 5 heteroatoms. The van der Waals surface area contributed by atoms with E-state index in [0.717, 1.165) is 38.5 Å². The molecule has 0 saturated carbocycles. The number of alkyl halides is 3. The van der Waals surface area contributed by atoms with Crippen LogP contribution in [0.2, 0.25) is 0 Å². The first-order chi connectivity index (χ1) is 12.9. The predicted octanol–water partition coefficient (Wildman–Crippen LogP) is 6.19. The molecule has 0 bridgehead atoms. The van der Waals surface area contributed by atoms with Crippen molar-refractivity contribution in [3.63, 3.8) is 0 Å². The zero-order valence-corrected chi connectivity index (χ0v) is 16.4. The maximum absolute atomic E-state index is 12.1. The van der Waals surface area contributed by atoms with E-state index in [1.165, 1.54) is 11.9 Å². The smallest absolute Gasteiger partial charge is 0.295 e. The fraction of sp³-hybridized carbons (Fsp3) is 0.500. The molecule has 0 amide bonds. The maximum atomic E-state index is 12.1. The Labute approximate surface area is 161 Å². The molecule has 0 radical (unpaired) electrons. The summed E-state index contributed by atoms with van der Waals surface area (Å²) in [5.74, 6) is -1.71. The minimum Gasteiger partial charge on any atom is -0.295 e. The number of halogens is 3. The Kier molecular flexibility index (Phi) is 15.2. The van der Waals surface area contributed by atoms with Gasteiger partial charge in [-0.05, 0) is 45.6 Å². The minimum absolute atomic E-state index is 0.329. The Morgan fingerprint density at radius 3 is 1.70 bits per heavy atom. The first-order valence-corrected chi connectivity index (χ1v) is 9.41. The van der Waals surface area contributed by atoms with Crippen molar-refractivity contribution in [3.05, 3.63) is 60.8 Å². The highest BCUT2D eigenvalue weighted by Gasteiger charge is 2.38. The van der Waals surface area contributed by atoms with E-state index in [-0.39, 0.29) is 0 Å². The van der Waals surface area contributed by atoms with Crippen molar-refractivity contribution in [2.45, 2.75) is 51.6 Å². The average Bonchev–Trinajstić information content (AvgIpc) is 2.60. The second-order valence-electron chi connectivity index (χ2n) is 6.17. The summed E-state index contributed by atoms with van der Waals surface area (Å²) in [6.45, 7) is 1.85. The average molecular weight is 383 g/mol. The molecular formula is C22H32F3NO. The van der Waals surface area contributed by atoms with E-state index in [4.69, 9.17) is 0 Å². The molecule has 0 rings (SSSR count). The zero-order valence-electron chi connectivity index (χ0n) is 16.4. The second-order valence-corrected chi connectivity index (χ2v) is 6.17. The normalized spacial score (nSPS) is 13.6. The molecule has 2 nitrogen and oxygen atoms in total. The second kappa shape index (κ2) is 16.3. The van der Waals surface area contributed by atoms with Gasteiger partial charge in [-0.2, -0.15) is 13.2 Å². The van der Waals surface area contributed by atoms with Crippen molar-refractivity contribution < 1.29 is 18.0 Å². The Hall–Kier alpha value is -1.88. The van der Waals surface area contributed by atoms with E-state index in [0.29, 0.717) is 6.54 Å². The van der Waals surface area contributed by atoms with Gasteiger partial charge < -0.3 is 0 Å². The third-order valence-corrected chi connectivity index (χ3v) is 3.53. The standard InChI is InChI=1S/C22H32F3NO/c1-3-4-5-6-7-8-9-10-11-12-13-14-15-16-17-18-19-26(2)20-21(27)22(23,24)25/h4-5,7-8,10-11,13-14,17-18H,3,6,9,12,15-16,19-20H2,1-2H3/b5-4-,8-7-,11-10-,14-13-,18-17+. The van der Waals surface area contributed by atoms with Crippen molar-refractivity contribution in [3.8, 4) is 0 Å². The lowest BCUT2D eigenvalue weighted by Crippen LogP contribution is -2.35. The van der Waals surface area contributed by atoms with Crippen LogP contribution in [0.15, 0.2) is 60.8 Å². The summed E-state index contributed by atoms with van der Waals surface area (Å²) >= 11 is 0. The molecular weight excluding hydrogens is 351 g/mol. The molecule has 0 unspecified atom stereocenters. The Morgan fingerprint density at radius 1 is 0.778 bits per heavy atom. The van der Waals surface area contributed by atoms with Crippen molar-refractivity contribution in [2.24, 2.45) is 0 Å². The van der Waals surface area contributed by atoms with Gasteiger partial charge in [0.05, 0.1) is 6.54 Å². The number of Topliss-reactive ketones (excluding diaryl/α,β-unsaturated/α-hetero) is 1. The molecule has 0 N–H and O–H groups in total. The summed E-state index contributed by atoms with van der Waals surface area (Å²) < 4.78 is 36.4. The molecule has 0 atom stereocenters. The molecule has 0 aliphatic rings. The monoisotopic (exact) mass is 383 g/mol. The number of nitrogens with zero attached hydrogens (tertiary/aromatic N) is 1. The van der Waals surface area contributed by atoms with Crippen LogP contribution in [0.1, 0.15) is 45.4 Å². The largest absolute Gasteiger partial charge is 0.451 e. The van der Waals surface area contributed by atoms with Crippen LogP contribution in [0.4, 0.5) is 13.2 Å². The molecule has 0 spiro atoms. The van der Waals surface area contributed by atoms with E-state index in [1.807, 2.05) is 6.08 Å². The van der Waals surface area contributed by atoms with Crippen LogP contribution in [0.3, 0.4) is 0 Å². The Morgan fingerprint density at radius 2 is 1.22 bits per heavy atom. The number of allylic oxidation sites excluding steroid dienone is 9. The summed E-state index contributed by atoms with van der Waals surface area (Å²) in [6.07, 6.45) is 21.7. The van der Waals surface area contributed by atoms with Gasteiger partial charge in [0.1, 0.15) is 0 Å². The van der Waals surface area contributed by atoms with Crippen LogP contribution in [-0.4, -0.2) is 37.0 Å². The van der Waals surface area contributed by atoms with E-state index in [2.05, 4.69) is 55.5 Å². The lowest BCUT2D eigenvalue weighted by Gasteiger charge is -2.14. The number of likely N-dealkylation sites (N-methyl/N-ethyl adjacent to an activating group) is 1. The number of unbranched alkanes of at least 4 members (excludes halogenated alkanes) is 1. The molecule has 0 fully saturated rings. The van der Waals surface area contributed by atoms with E-state index in [1.54, 1.807) is 6.08 Å². The van der Waals surface area contributed by atoms with E-state index < -0.39 is 18.5 Å². The van der Waals surface area contributed by atoms with Crippen LogP contribution in [0.5, 0.6) is 0 Å². The summed E-state index contributed by atoms with van der Waals surface area (Å²) in [7, 11) is 1.50. The number of hydrogen-bond acceptors (Lipinski definition) is 2. The number of carbonyl (C=O) groups excluding carboxylic acids is 1. The maximum Gasteiger partial charge on any atom is 0.451 e. The van der Waals surface area contributed by atoms with E-state index >= 15 is 0 Å². The van der Waals surface area contributed by atoms with Gasteiger partial charge in [0.2, 0.25) is 5.78 Å². The minimum atomic E-state index is -4.75.